The first-order valence-corrected chi connectivity index (χ1v) is 6.83. The molecule has 0 aliphatic rings. The molecule has 0 saturated heterocycles. The highest BCUT2D eigenvalue weighted by atomic mass is 32.1. The predicted octanol–water partition coefficient (Wildman–Crippen LogP) is 5.02. The van der Waals surface area contributed by atoms with Gasteiger partial charge in [0.2, 0.25) is 0 Å². The first kappa shape index (κ1) is 12.2. The van der Waals surface area contributed by atoms with Gasteiger partial charge >= 0.3 is 0 Å². The zero-order valence-corrected chi connectivity index (χ0v) is 11.6. The van der Waals surface area contributed by atoms with Gasteiger partial charge in [-0.05, 0) is 59.8 Å². The van der Waals surface area contributed by atoms with Gasteiger partial charge in [-0.15, -0.1) is 11.3 Å². The summed E-state index contributed by atoms with van der Waals surface area (Å²) in [6, 6.07) is 13.1. The zero-order chi connectivity index (χ0) is 13.4. The van der Waals surface area contributed by atoms with Crippen LogP contribution < -0.4 is 4.74 Å². The van der Waals surface area contributed by atoms with Gasteiger partial charge in [0, 0.05) is 9.58 Å². The lowest BCUT2D eigenvalue weighted by Gasteiger charge is -2.02. The van der Waals surface area contributed by atoms with E-state index < -0.39 is 0 Å². The minimum absolute atomic E-state index is 0.191. The number of hydrogen-bond donors (Lipinski definition) is 0. The summed E-state index contributed by atoms with van der Waals surface area (Å²) in [5.74, 6) is 0.667. The molecule has 0 fully saturated rings. The monoisotopic (exact) mass is 272 g/mol. The Kier molecular flexibility index (Phi) is 2.99. The first-order chi connectivity index (χ1) is 9.17. The summed E-state index contributed by atoms with van der Waals surface area (Å²) in [7, 11) is 1.67. The Hall–Kier alpha value is -1.87. The van der Waals surface area contributed by atoms with Gasteiger partial charge in [-0.2, -0.15) is 0 Å². The molecule has 1 aromatic heterocycles. The van der Waals surface area contributed by atoms with E-state index in [2.05, 4.69) is 6.07 Å². The van der Waals surface area contributed by atoms with Crippen molar-refractivity contribution in [2.45, 2.75) is 6.92 Å². The maximum Gasteiger partial charge on any atom is 0.123 e. The van der Waals surface area contributed by atoms with Gasteiger partial charge in [0.05, 0.1) is 7.11 Å². The van der Waals surface area contributed by atoms with Crippen LogP contribution in [0.1, 0.15) is 5.56 Å². The second-order valence-corrected chi connectivity index (χ2v) is 5.56. The topological polar surface area (TPSA) is 9.23 Å². The summed E-state index contributed by atoms with van der Waals surface area (Å²) in [6.07, 6.45) is 0. The van der Waals surface area contributed by atoms with Crippen molar-refractivity contribution in [1.29, 1.82) is 0 Å². The van der Waals surface area contributed by atoms with Gasteiger partial charge in [0.1, 0.15) is 11.6 Å². The summed E-state index contributed by atoms with van der Waals surface area (Å²) in [6.45, 7) is 1.93. The van der Waals surface area contributed by atoms with E-state index in [4.69, 9.17) is 4.74 Å². The molecule has 0 N–H and O–H groups in total. The van der Waals surface area contributed by atoms with Gasteiger partial charge < -0.3 is 4.74 Å². The Labute approximate surface area is 115 Å². The summed E-state index contributed by atoms with van der Waals surface area (Å²) >= 11 is 1.70. The minimum atomic E-state index is -0.191. The van der Waals surface area contributed by atoms with Crippen LogP contribution in [0, 0.1) is 12.7 Å². The van der Waals surface area contributed by atoms with Crippen molar-refractivity contribution in [3.05, 3.63) is 53.8 Å². The van der Waals surface area contributed by atoms with Gasteiger partial charge in [-0.25, -0.2) is 4.39 Å². The summed E-state index contributed by atoms with van der Waals surface area (Å²) in [4.78, 5) is 1.15. The molecule has 96 valence electrons. The normalized spacial score (nSPS) is 10.9. The molecular formula is C16H13FOS. The largest absolute Gasteiger partial charge is 0.497 e. The van der Waals surface area contributed by atoms with Crippen molar-refractivity contribution in [1.82, 2.24) is 0 Å². The molecule has 3 rings (SSSR count). The number of thiophene rings is 1. The van der Waals surface area contributed by atoms with E-state index in [1.165, 1.54) is 16.2 Å². The summed E-state index contributed by atoms with van der Waals surface area (Å²) < 4.78 is 19.6. The average molecular weight is 272 g/mol. The lowest BCUT2D eigenvalue weighted by atomic mass is 10.1. The highest BCUT2D eigenvalue weighted by molar-refractivity contribution is 7.22. The van der Waals surface area contributed by atoms with E-state index in [-0.39, 0.29) is 5.82 Å². The fraction of sp³-hybridized carbons (Fsp3) is 0.125. The van der Waals surface area contributed by atoms with Crippen molar-refractivity contribution in [3.63, 3.8) is 0 Å². The fourth-order valence-corrected chi connectivity index (χ4v) is 3.36. The zero-order valence-electron chi connectivity index (χ0n) is 10.7. The van der Waals surface area contributed by atoms with Crippen LogP contribution in [-0.4, -0.2) is 7.11 Å². The maximum absolute atomic E-state index is 13.2. The van der Waals surface area contributed by atoms with Crippen molar-refractivity contribution >= 4 is 21.4 Å². The molecule has 2 aromatic carbocycles. The lowest BCUT2D eigenvalue weighted by molar-refractivity contribution is 0.415. The first-order valence-electron chi connectivity index (χ1n) is 6.01. The molecule has 0 amide bonds. The van der Waals surface area contributed by atoms with Crippen LogP contribution in [0.15, 0.2) is 42.5 Å². The third kappa shape index (κ3) is 2.22. The van der Waals surface area contributed by atoms with Gasteiger partial charge in [-0.1, -0.05) is 6.07 Å². The molecule has 0 aliphatic heterocycles. The van der Waals surface area contributed by atoms with Crippen LogP contribution in [0.2, 0.25) is 0 Å². The number of hydrogen-bond acceptors (Lipinski definition) is 2. The number of rotatable bonds is 2. The number of aryl methyl sites for hydroxylation is 1. The second-order valence-electron chi connectivity index (χ2n) is 4.47. The number of halogens is 1. The van der Waals surface area contributed by atoms with Gasteiger partial charge in [-0.3, -0.25) is 0 Å². The third-order valence-electron chi connectivity index (χ3n) is 3.18. The van der Waals surface area contributed by atoms with E-state index >= 15 is 0 Å². The minimum Gasteiger partial charge on any atom is -0.497 e. The Morgan fingerprint density at radius 2 is 1.89 bits per heavy atom. The SMILES string of the molecule is COc1ccc2cc(-c3ccc(F)cc3C)sc2c1. The number of methoxy groups -OCH3 is 1. The standard InChI is InChI=1S/C16H13FOS/c1-10-7-12(17)4-6-14(10)16-8-11-3-5-13(18-2)9-15(11)19-16/h3-9H,1-2H3. The van der Waals surface area contributed by atoms with Crippen molar-refractivity contribution in [2.75, 3.05) is 7.11 Å². The Bertz CT molecular complexity index is 746. The van der Waals surface area contributed by atoms with E-state index in [1.54, 1.807) is 24.5 Å². The smallest absolute Gasteiger partial charge is 0.123 e. The molecule has 19 heavy (non-hydrogen) atoms. The molecule has 1 nitrogen and oxygen atoms in total. The molecule has 0 radical (unpaired) electrons. The molecule has 3 aromatic rings. The van der Waals surface area contributed by atoms with E-state index in [0.717, 1.165) is 21.8 Å². The fourth-order valence-electron chi connectivity index (χ4n) is 2.17. The number of benzene rings is 2. The van der Waals surface area contributed by atoms with Crippen molar-refractivity contribution in [3.8, 4) is 16.2 Å². The molecule has 0 spiro atoms. The second kappa shape index (κ2) is 4.67. The summed E-state index contributed by atoms with van der Waals surface area (Å²) in [5, 5.41) is 1.18. The summed E-state index contributed by atoms with van der Waals surface area (Å²) in [5.41, 5.74) is 2.04. The van der Waals surface area contributed by atoms with Crippen LogP contribution in [0.25, 0.3) is 20.5 Å². The van der Waals surface area contributed by atoms with Crippen LogP contribution in [0.3, 0.4) is 0 Å². The van der Waals surface area contributed by atoms with Gasteiger partial charge in [0.25, 0.3) is 0 Å². The van der Waals surface area contributed by atoms with E-state index in [1.807, 2.05) is 31.2 Å². The van der Waals surface area contributed by atoms with Crippen LogP contribution in [0.4, 0.5) is 4.39 Å². The van der Waals surface area contributed by atoms with Crippen molar-refractivity contribution in [2.24, 2.45) is 0 Å². The number of ether oxygens (including phenoxy) is 1. The Morgan fingerprint density at radius 3 is 2.63 bits per heavy atom. The Morgan fingerprint density at radius 1 is 1.05 bits per heavy atom. The molecule has 0 unspecified atom stereocenters. The average Bonchev–Trinajstić information content (AvgIpc) is 2.80. The maximum atomic E-state index is 13.2. The quantitative estimate of drug-likeness (QED) is 0.636. The van der Waals surface area contributed by atoms with E-state index in [0.29, 0.717) is 0 Å². The predicted molar refractivity (Wildman–Crippen MR) is 78.5 cm³/mol. The van der Waals surface area contributed by atoms with Crippen molar-refractivity contribution < 1.29 is 9.13 Å². The highest BCUT2D eigenvalue weighted by Crippen LogP contribution is 2.36. The highest BCUT2D eigenvalue weighted by Gasteiger charge is 2.08. The molecular weight excluding hydrogens is 259 g/mol. The van der Waals surface area contributed by atoms with E-state index in [9.17, 15) is 4.39 Å². The number of fused-ring (bicyclic) bond motifs is 1. The Balaban J connectivity index is 2.14. The third-order valence-corrected chi connectivity index (χ3v) is 4.31. The van der Waals surface area contributed by atoms with Crippen LogP contribution >= 0.6 is 11.3 Å². The molecule has 3 heteroatoms. The molecule has 0 bridgehead atoms. The molecule has 0 aliphatic carbocycles. The van der Waals surface area contributed by atoms with Gasteiger partial charge in [0.15, 0.2) is 0 Å². The molecule has 1 heterocycles. The molecule has 0 atom stereocenters. The lowest BCUT2D eigenvalue weighted by Crippen LogP contribution is -1.81. The van der Waals surface area contributed by atoms with Crippen LogP contribution in [0.5, 0.6) is 5.75 Å². The van der Waals surface area contributed by atoms with Crippen LogP contribution in [-0.2, 0) is 0 Å². The molecule has 0 saturated carbocycles.